The molecule has 8 nitrogen and oxygen atoms in total. The summed E-state index contributed by atoms with van der Waals surface area (Å²) in [6, 6.07) is 0. The molecule has 0 saturated heterocycles. The fraction of sp³-hybridized carbons (Fsp3) is 1.00. The zero-order valence-corrected chi connectivity index (χ0v) is 9.35. The Labute approximate surface area is 91.4 Å². The Morgan fingerprint density at radius 3 is 1.42 bits per heavy atom. The number of rotatable bonds is 0. The summed E-state index contributed by atoms with van der Waals surface area (Å²) >= 11 is 0. The molecule has 0 aliphatic rings. The van der Waals surface area contributed by atoms with Crippen LogP contribution in [0.25, 0.3) is 0 Å². The molecule has 0 rings (SSSR count). The van der Waals surface area contributed by atoms with Gasteiger partial charge in [0.1, 0.15) is 0 Å². The van der Waals surface area contributed by atoms with E-state index in [1.807, 2.05) is 0 Å². The molecule has 0 saturated carbocycles. The van der Waals surface area contributed by atoms with E-state index in [0.717, 1.165) is 5.34 Å². The standard InChI is InChI=1S/C2H6O.HNO2.Na.H2O4S/c1-2-3;2-1-3;;1-5(2,3)4/h3H,2H2,1H3;(H,2,3);;(H2,1,2,3,4)/q;;+1;/p-1. The summed E-state index contributed by atoms with van der Waals surface area (Å²) < 4.78 is 31.6. The molecular weight excluding hydrogens is 205 g/mol. The fourth-order valence-corrected chi connectivity index (χ4v) is 0. The van der Waals surface area contributed by atoms with Crippen LogP contribution in [0.2, 0.25) is 0 Å². The van der Waals surface area contributed by atoms with E-state index in [9.17, 15) is 0 Å². The van der Waals surface area contributed by atoms with E-state index in [4.69, 9.17) is 32.7 Å². The Balaban J connectivity index is -0.0000000406. The summed E-state index contributed by atoms with van der Waals surface area (Å²) in [7, 11) is -4.67. The van der Waals surface area contributed by atoms with E-state index in [1.165, 1.54) is 0 Å². The molecule has 0 atom stereocenters. The van der Waals surface area contributed by atoms with E-state index in [1.54, 1.807) is 6.92 Å². The molecule has 0 radical (unpaired) electrons. The molecule has 0 aromatic heterocycles. The number of hydrogen-bond acceptors (Lipinski definition) is 6. The third kappa shape index (κ3) is 16500. The van der Waals surface area contributed by atoms with Crippen molar-refractivity contribution in [3.8, 4) is 0 Å². The molecule has 0 aliphatic carbocycles. The van der Waals surface area contributed by atoms with Gasteiger partial charge in [0, 0.05) is 6.61 Å². The molecule has 70 valence electrons. The topological polar surface area (TPSA) is 147 Å². The van der Waals surface area contributed by atoms with E-state index >= 15 is 0 Å². The minimum atomic E-state index is -4.67. The third-order valence-corrected chi connectivity index (χ3v) is 0. The zero-order valence-electron chi connectivity index (χ0n) is 6.54. The van der Waals surface area contributed by atoms with Crippen LogP contribution in [-0.4, -0.2) is 29.2 Å². The van der Waals surface area contributed by atoms with Gasteiger partial charge in [-0.1, -0.05) is 0 Å². The Kier molecular flexibility index (Phi) is 32.9. The van der Waals surface area contributed by atoms with Crippen molar-refractivity contribution >= 4 is 10.4 Å². The Morgan fingerprint density at radius 1 is 1.42 bits per heavy atom. The molecule has 12 heavy (non-hydrogen) atoms. The van der Waals surface area contributed by atoms with E-state index < -0.39 is 10.4 Å². The van der Waals surface area contributed by atoms with Gasteiger partial charge in [-0.15, -0.1) is 5.34 Å². The van der Waals surface area contributed by atoms with Gasteiger partial charge in [0.25, 0.3) is 0 Å². The smallest absolute Gasteiger partial charge is 0.444 e. The third-order valence-electron chi connectivity index (χ3n) is 0. The zero-order chi connectivity index (χ0) is 9.91. The molecule has 0 heterocycles. The molecule has 0 bridgehead atoms. The van der Waals surface area contributed by atoms with Crippen molar-refractivity contribution in [1.82, 2.24) is 0 Å². The SMILES string of the molecule is CCO.O=N[O-].O=S(=O)(O)O.[Na+]. The van der Waals surface area contributed by atoms with Gasteiger partial charge < -0.3 is 15.2 Å². The van der Waals surface area contributed by atoms with Crippen molar-refractivity contribution in [1.29, 1.82) is 0 Å². The van der Waals surface area contributed by atoms with Gasteiger partial charge in [-0.25, -0.2) is 0 Å². The van der Waals surface area contributed by atoms with Crippen LogP contribution >= 0.6 is 0 Å². The first-order valence-corrected chi connectivity index (χ1v) is 3.48. The fourth-order valence-electron chi connectivity index (χ4n) is 0. The maximum absolute atomic E-state index is 8.74. The number of aliphatic hydroxyl groups excluding tert-OH is 1. The van der Waals surface area contributed by atoms with Crippen molar-refractivity contribution in [3.05, 3.63) is 10.1 Å². The van der Waals surface area contributed by atoms with Gasteiger partial charge in [0.05, 0.1) is 0 Å². The average molecular weight is 213 g/mol. The van der Waals surface area contributed by atoms with Crippen molar-refractivity contribution in [2.24, 2.45) is 5.34 Å². The quantitative estimate of drug-likeness (QED) is 0.164. The first kappa shape index (κ1) is 22.8. The van der Waals surface area contributed by atoms with Gasteiger partial charge in [-0.3, -0.25) is 9.11 Å². The van der Waals surface area contributed by atoms with Crippen LogP contribution < -0.4 is 29.6 Å². The number of hydrogen-bond donors (Lipinski definition) is 3. The first-order chi connectivity index (χ1) is 4.83. The van der Waals surface area contributed by atoms with Gasteiger partial charge >= 0.3 is 40.0 Å². The minimum Gasteiger partial charge on any atom is -0.444 e. The van der Waals surface area contributed by atoms with Crippen LogP contribution in [-0.2, 0) is 10.4 Å². The molecule has 0 aromatic carbocycles. The summed E-state index contributed by atoms with van der Waals surface area (Å²) in [4.78, 5) is 8.00. The largest absolute Gasteiger partial charge is 1.00 e. The second-order valence-electron chi connectivity index (χ2n) is 0.839. The van der Waals surface area contributed by atoms with Gasteiger partial charge in [0.15, 0.2) is 0 Å². The van der Waals surface area contributed by atoms with Crippen molar-refractivity contribution in [2.45, 2.75) is 6.92 Å². The van der Waals surface area contributed by atoms with Gasteiger partial charge in [-0.2, -0.15) is 8.42 Å². The summed E-state index contributed by atoms with van der Waals surface area (Å²) in [5, 5.41) is 16.6. The Morgan fingerprint density at radius 2 is 1.42 bits per heavy atom. The molecule has 3 N–H and O–H groups in total. The molecule has 0 aliphatic heterocycles. The minimum absolute atomic E-state index is 0. The second kappa shape index (κ2) is 17.4. The van der Waals surface area contributed by atoms with Crippen molar-refractivity contribution < 1.29 is 52.2 Å². The molecule has 10 heteroatoms. The predicted octanol–water partition coefficient (Wildman–Crippen LogP) is -3.40. The van der Waals surface area contributed by atoms with E-state index in [-0.39, 0.29) is 36.2 Å². The molecule has 0 unspecified atom stereocenters. The number of nitrogens with zero attached hydrogens (tertiary/aromatic N) is 1. The second-order valence-corrected chi connectivity index (χ2v) is 1.73. The average Bonchev–Trinajstić information content (AvgIpc) is 1.62. The van der Waals surface area contributed by atoms with Gasteiger partial charge in [0.2, 0.25) is 0 Å². The van der Waals surface area contributed by atoms with Crippen LogP contribution in [0, 0.1) is 10.1 Å². The van der Waals surface area contributed by atoms with Gasteiger partial charge in [-0.05, 0) is 6.92 Å². The van der Waals surface area contributed by atoms with Crippen LogP contribution in [0.1, 0.15) is 6.92 Å². The first-order valence-electron chi connectivity index (χ1n) is 2.09. The molecular formula is C2H8NNaO7S. The van der Waals surface area contributed by atoms with Crippen LogP contribution in [0.3, 0.4) is 0 Å². The van der Waals surface area contributed by atoms with Crippen molar-refractivity contribution in [2.75, 3.05) is 6.61 Å². The normalized spacial score (nSPS) is 7.33. The molecule has 0 fully saturated rings. The van der Waals surface area contributed by atoms with Crippen LogP contribution in [0.5, 0.6) is 0 Å². The molecule has 0 amide bonds. The number of aliphatic hydroxyl groups is 1. The van der Waals surface area contributed by atoms with Crippen LogP contribution in [0.4, 0.5) is 0 Å². The summed E-state index contributed by atoms with van der Waals surface area (Å²) in [5.74, 6) is 0. The monoisotopic (exact) mass is 213 g/mol. The summed E-state index contributed by atoms with van der Waals surface area (Å²) in [6.07, 6.45) is 0. The molecule has 0 spiro atoms. The Hall–Kier alpha value is 0.230. The summed E-state index contributed by atoms with van der Waals surface area (Å²) in [6.45, 7) is 1.93. The van der Waals surface area contributed by atoms with Crippen molar-refractivity contribution in [3.63, 3.8) is 0 Å². The maximum Gasteiger partial charge on any atom is 1.00 e. The predicted molar refractivity (Wildman–Crippen MR) is 36.1 cm³/mol. The van der Waals surface area contributed by atoms with E-state index in [0.29, 0.717) is 0 Å². The van der Waals surface area contributed by atoms with E-state index in [2.05, 4.69) is 0 Å². The Bertz CT molecular complexity index is 147. The summed E-state index contributed by atoms with van der Waals surface area (Å²) in [5.41, 5.74) is 0. The molecule has 0 aromatic rings. The maximum atomic E-state index is 8.74. The van der Waals surface area contributed by atoms with Crippen LogP contribution in [0.15, 0.2) is 5.34 Å².